The van der Waals surface area contributed by atoms with Crippen LogP contribution in [0.5, 0.6) is 0 Å². The average molecular weight is 227 g/mol. The number of alkyl halides is 2. The fraction of sp³-hybridized carbons (Fsp3) is 0.143. The van der Waals surface area contributed by atoms with Crippen molar-refractivity contribution in [2.45, 2.75) is 11.3 Å². The minimum atomic E-state index is -2.74. The Labute approximate surface area is 80.8 Å². The Hall–Kier alpha value is -0.520. The summed E-state index contributed by atoms with van der Waals surface area (Å²) in [5.74, 6) is 0. The van der Waals surface area contributed by atoms with Gasteiger partial charge in [-0.05, 0) is 18.2 Å². The minimum absolute atomic E-state index is 0.0836. The molecule has 0 aliphatic heterocycles. The molecule has 0 saturated carbocycles. The Morgan fingerprint density at radius 2 is 2.08 bits per heavy atom. The molecule has 0 saturated heterocycles. The molecule has 1 N–H and O–H groups in total. The van der Waals surface area contributed by atoms with Crippen molar-refractivity contribution in [1.29, 1.82) is 0 Å². The van der Waals surface area contributed by atoms with Crippen LogP contribution in [0.2, 0.25) is 5.02 Å². The number of rotatable bonds is 2. The van der Waals surface area contributed by atoms with Crippen molar-refractivity contribution in [3.8, 4) is 0 Å². The molecule has 0 amide bonds. The van der Waals surface area contributed by atoms with Crippen molar-refractivity contribution in [2.24, 2.45) is 0 Å². The molecule has 0 aromatic heterocycles. The van der Waals surface area contributed by atoms with Crippen molar-refractivity contribution in [3.05, 3.63) is 28.8 Å². The first-order chi connectivity index (χ1) is 6.02. The zero-order valence-electron chi connectivity index (χ0n) is 6.21. The fourth-order valence-corrected chi connectivity index (χ4v) is 1.41. The molecule has 0 aliphatic rings. The van der Waals surface area contributed by atoms with Crippen molar-refractivity contribution in [3.63, 3.8) is 0 Å². The van der Waals surface area contributed by atoms with E-state index in [9.17, 15) is 13.0 Å². The van der Waals surface area contributed by atoms with Gasteiger partial charge in [0.1, 0.15) is 0 Å². The summed E-state index contributed by atoms with van der Waals surface area (Å²) >= 11 is 3.18. The quantitative estimate of drug-likeness (QED) is 0.788. The van der Waals surface area contributed by atoms with Crippen LogP contribution in [0.15, 0.2) is 23.1 Å². The maximum atomic E-state index is 12.2. The molecule has 0 radical (unpaired) electrons. The second kappa shape index (κ2) is 4.13. The van der Waals surface area contributed by atoms with Gasteiger partial charge in [-0.1, -0.05) is 11.6 Å². The number of hydrogen-bond acceptors (Lipinski definition) is 1. The third kappa shape index (κ3) is 2.46. The van der Waals surface area contributed by atoms with Crippen LogP contribution in [0.25, 0.3) is 0 Å². The molecule has 1 unspecified atom stereocenters. The lowest BCUT2D eigenvalue weighted by Gasteiger charge is -2.03. The zero-order valence-corrected chi connectivity index (χ0v) is 7.78. The predicted molar refractivity (Wildman–Crippen MR) is 45.4 cm³/mol. The molecule has 1 rings (SSSR count). The average Bonchev–Trinajstić information content (AvgIpc) is 2.04. The summed E-state index contributed by atoms with van der Waals surface area (Å²) in [5.41, 5.74) is -0.429. The van der Waals surface area contributed by atoms with Crippen LogP contribution in [0.3, 0.4) is 0 Å². The summed E-state index contributed by atoms with van der Waals surface area (Å²) in [5, 5.41) is -0.107. The molecule has 1 aromatic rings. The third-order valence-electron chi connectivity index (χ3n) is 1.40. The molecule has 0 fully saturated rings. The minimum Gasteiger partial charge on any atom is -0.302 e. The van der Waals surface area contributed by atoms with Crippen molar-refractivity contribution < 1.29 is 17.5 Å². The first-order valence-corrected chi connectivity index (χ1v) is 4.69. The molecule has 0 spiro atoms. The number of benzene rings is 1. The van der Waals surface area contributed by atoms with Gasteiger partial charge in [0.25, 0.3) is 6.43 Å². The van der Waals surface area contributed by atoms with Gasteiger partial charge in [0.15, 0.2) is 11.1 Å². The van der Waals surface area contributed by atoms with Crippen LogP contribution < -0.4 is 0 Å². The maximum Gasteiger partial charge on any atom is 0.265 e. The Bertz CT molecular complexity index is 343. The van der Waals surface area contributed by atoms with E-state index in [1.807, 2.05) is 0 Å². The predicted octanol–water partition coefficient (Wildman–Crippen LogP) is 2.86. The topological polar surface area (TPSA) is 37.3 Å². The highest BCUT2D eigenvalue weighted by Gasteiger charge is 2.13. The Balaban J connectivity index is 3.19. The van der Waals surface area contributed by atoms with Gasteiger partial charge in [0.2, 0.25) is 0 Å². The van der Waals surface area contributed by atoms with Crippen LogP contribution in [-0.2, 0) is 11.1 Å². The lowest BCUT2D eigenvalue weighted by atomic mass is 10.2. The monoisotopic (exact) mass is 226 g/mol. The van der Waals surface area contributed by atoms with E-state index in [0.717, 1.165) is 6.07 Å². The Kier molecular flexibility index (Phi) is 3.35. The largest absolute Gasteiger partial charge is 0.302 e. The first-order valence-electron chi connectivity index (χ1n) is 3.21. The molecule has 2 nitrogen and oxygen atoms in total. The van der Waals surface area contributed by atoms with Gasteiger partial charge in [-0.2, -0.15) is 0 Å². The van der Waals surface area contributed by atoms with Gasteiger partial charge in [-0.25, -0.2) is 13.0 Å². The summed E-state index contributed by atoms with van der Waals surface area (Å²) in [6, 6.07) is 3.32. The Morgan fingerprint density at radius 1 is 1.46 bits per heavy atom. The lowest BCUT2D eigenvalue weighted by molar-refractivity contribution is 0.151. The van der Waals surface area contributed by atoms with Crippen LogP contribution >= 0.6 is 11.6 Å². The fourth-order valence-electron chi connectivity index (χ4n) is 0.798. The highest BCUT2D eigenvalue weighted by molar-refractivity contribution is 7.79. The molecule has 13 heavy (non-hydrogen) atoms. The summed E-state index contributed by atoms with van der Waals surface area (Å²) in [7, 11) is 0. The zero-order chi connectivity index (χ0) is 10.0. The van der Waals surface area contributed by atoms with E-state index in [-0.39, 0.29) is 9.92 Å². The lowest BCUT2D eigenvalue weighted by Crippen LogP contribution is -1.92. The summed E-state index contributed by atoms with van der Waals surface area (Å²) in [4.78, 5) is -0.0836. The summed E-state index contributed by atoms with van der Waals surface area (Å²) < 4.78 is 43.5. The number of halogens is 3. The number of hydrogen-bond donors (Lipinski definition) is 1. The molecule has 72 valence electrons. The summed E-state index contributed by atoms with van der Waals surface area (Å²) in [6.45, 7) is 0. The smallest absolute Gasteiger partial charge is 0.265 e. The molecule has 1 atom stereocenters. The maximum absolute atomic E-state index is 12.2. The van der Waals surface area contributed by atoms with Crippen LogP contribution in [0, 0.1) is 0 Å². The van der Waals surface area contributed by atoms with E-state index in [0.29, 0.717) is 0 Å². The molecule has 1 aromatic carbocycles. The van der Waals surface area contributed by atoms with Crippen molar-refractivity contribution >= 4 is 22.7 Å². The summed E-state index contributed by atoms with van der Waals surface area (Å²) in [6.07, 6.45) is -2.74. The van der Waals surface area contributed by atoms with Crippen molar-refractivity contribution in [2.75, 3.05) is 0 Å². The molecule has 0 aliphatic carbocycles. The molecule has 0 heterocycles. The van der Waals surface area contributed by atoms with E-state index >= 15 is 0 Å². The van der Waals surface area contributed by atoms with E-state index in [4.69, 9.17) is 16.2 Å². The standard InChI is InChI=1S/C7H5ClF2O2S/c8-6-2-1-4(13(11)12)3-5(6)7(9)10/h1-3,7H,(H,11,12). The van der Waals surface area contributed by atoms with Gasteiger partial charge in [0, 0.05) is 10.6 Å². The van der Waals surface area contributed by atoms with Gasteiger partial charge in [-0.15, -0.1) is 0 Å². The molecular weight excluding hydrogens is 222 g/mol. The molecular formula is C7H5ClF2O2S. The van der Waals surface area contributed by atoms with E-state index in [1.165, 1.54) is 12.1 Å². The SMILES string of the molecule is O=S(O)c1ccc(Cl)c(C(F)F)c1. The third-order valence-corrected chi connectivity index (χ3v) is 2.41. The molecule has 6 heteroatoms. The van der Waals surface area contributed by atoms with Gasteiger partial charge >= 0.3 is 0 Å². The highest BCUT2D eigenvalue weighted by atomic mass is 35.5. The second-order valence-corrected chi connectivity index (χ2v) is 3.61. The van der Waals surface area contributed by atoms with Gasteiger partial charge < -0.3 is 4.55 Å². The van der Waals surface area contributed by atoms with Crippen molar-refractivity contribution in [1.82, 2.24) is 0 Å². The van der Waals surface area contributed by atoms with E-state index < -0.39 is 23.1 Å². The van der Waals surface area contributed by atoms with Gasteiger partial charge in [-0.3, -0.25) is 0 Å². The van der Waals surface area contributed by atoms with Crippen LogP contribution in [0.1, 0.15) is 12.0 Å². The Morgan fingerprint density at radius 3 is 2.54 bits per heavy atom. The van der Waals surface area contributed by atoms with E-state index in [1.54, 1.807) is 0 Å². The highest BCUT2D eigenvalue weighted by Crippen LogP contribution is 2.28. The van der Waals surface area contributed by atoms with E-state index in [2.05, 4.69) is 0 Å². The molecule has 0 bridgehead atoms. The van der Waals surface area contributed by atoms with Crippen LogP contribution in [0.4, 0.5) is 8.78 Å². The second-order valence-electron chi connectivity index (χ2n) is 2.23. The van der Waals surface area contributed by atoms with Crippen LogP contribution in [-0.4, -0.2) is 8.76 Å². The first kappa shape index (κ1) is 10.6. The normalized spacial score (nSPS) is 13.3. The van der Waals surface area contributed by atoms with Gasteiger partial charge in [0.05, 0.1) is 4.90 Å².